The van der Waals surface area contributed by atoms with Crippen LogP contribution in [0.1, 0.15) is 130 Å². The minimum Gasteiger partial charge on any atom is -0.394 e. The van der Waals surface area contributed by atoms with E-state index < -0.39 is 8.56 Å². The Bertz CT molecular complexity index is 309. The third kappa shape index (κ3) is 18.9. The molecule has 2 nitrogen and oxygen atoms in total. The maximum atomic E-state index is 6.18. The summed E-state index contributed by atoms with van der Waals surface area (Å²) in [6, 6.07) is 2.28. The molecule has 4 heteroatoms. The average Bonchev–Trinajstić information content (AvgIpc) is 2.72. The Kier molecular flexibility index (Phi) is 23.5. The van der Waals surface area contributed by atoms with E-state index in [0.29, 0.717) is 0 Å². The first kappa shape index (κ1) is 29.5. The quantitative estimate of drug-likeness (QED) is 0.0905. The Labute approximate surface area is 191 Å². The Hall–Kier alpha value is 0.487. The van der Waals surface area contributed by atoms with E-state index in [9.17, 15) is 0 Å². The van der Waals surface area contributed by atoms with Gasteiger partial charge in [0.15, 0.2) is 0 Å². The van der Waals surface area contributed by atoms with Crippen LogP contribution < -0.4 is 0 Å². The van der Waals surface area contributed by atoms with Crippen LogP contribution in [0, 0.1) is 0 Å². The molecule has 0 unspecified atom stereocenters. The molecule has 0 fully saturated rings. The lowest BCUT2D eigenvalue weighted by atomic mass is 10.0. The van der Waals surface area contributed by atoms with Gasteiger partial charge in [-0.05, 0) is 38.1 Å². The molecule has 0 heterocycles. The minimum atomic E-state index is -1.97. The van der Waals surface area contributed by atoms with Crippen LogP contribution in [0.5, 0.6) is 0 Å². The van der Waals surface area contributed by atoms with Gasteiger partial charge in [0.1, 0.15) is 0 Å². The Balaban J connectivity index is 3.54. The van der Waals surface area contributed by atoms with Crippen molar-refractivity contribution in [2.24, 2.45) is 0 Å². The van der Waals surface area contributed by atoms with E-state index in [1.807, 2.05) is 0 Å². The van der Waals surface area contributed by atoms with Crippen LogP contribution in [-0.2, 0) is 8.85 Å². The van der Waals surface area contributed by atoms with Crippen molar-refractivity contribution < 1.29 is 8.85 Å². The summed E-state index contributed by atoms with van der Waals surface area (Å²) in [6.45, 7) is 8.09. The van der Waals surface area contributed by atoms with Crippen LogP contribution in [0.25, 0.3) is 0 Å². The fraction of sp³-hybridized carbons (Fsp3) is 1.00. The largest absolute Gasteiger partial charge is 0.394 e. The second-order valence-electron chi connectivity index (χ2n) is 8.66. The third-order valence-electron chi connectivity index (χ3n) is 5.94. The molecule has 29 heavy (non-hydrogen) atoms. The SMILES string of the molecule is CCCCCCCCCCCCCCCCCC[Si](CCCS)(OCC)OCC. The predicted octanol–water partition coefficient (Wildman–Crippen LogP) is 9.08. The van der Waals surface area contributed by atoms with Gasteiger partial charge in [-0.1, -0.05) is 110 Å². The first-order valence-electron chi connectivity index (χ1n) is 13.1. The summed E-state index contributed by atoms with van der Waals surface area (Å²) in [5, 5.41) is 0. The highest BCUT2D eigenvalue weighted by atomic mass is 32.1. The van der Waals surface area contributed by atoms with E-state index in [1.54, 1.807) is 0 Å². The van der Waals surface area contributed by atoms with Crippen molar-refractivity contribution in [1.29, 1.82) is 0 Å². The highest BCUT2D eigenvalue weighted by Gasteiger charge is 2.35. The number of hydrogen-bond acceptors (Lipinski definition) is 3. The molecular formula is C25H54O2SSi. The molecule has 0 radical (unpaired) electrons. The molecule has 0 saturated heterocycles. The van der Waals surface area contributed by atoms with Gasteiger partial charge < -0.3 is 8.85 Å². The van der Waals surface area contributed by atoms with Gasteiger partial charge in [-0.3, -0.25) is 0 Å². The Morgan fingerprint density at radius 3 is 1.17 bits per heavy atom. The van der Waals surface area contributed by atoms with E-state index in [4.69, 9.17) is 8.85 Å². The molecule has 0 aliphatic carbocycles. The fourth-order valence-electron chi connectivity index (χ4n) is 4.27. The zero-order valence-electron chi connectivity index (χ0n) is 20.3. The second-order valence-corrected chi connectivity index (χ2v) is 12.5. The first-order valence-corrected chi connectivity index (χ1v) is 16.0. The molecule has 0 N–H and O–H groups in total. The molecule has 0 atom stereocenters. The van der Waals surface area contributed by atoms with Gasteiger partial charge in [0.25, 0.3) is 0 Å². The van der Waals surface area contributed by atoms with Gasteiger partial charge in [0.05, 0.1) is 0 Å². The zero-order chi connectivity index (χ0) is 21.5. The minimum absolute atomic E-state index is 0.789. The van der Waals surface area contributed by atoms with Gasteiger partial charge in [-0.25, -0.2) is 0 Å². The summed E-state index contributed by atoms with van der Waals surface area (Å²) in [6.07, 6.45) is 23.8. The standard InChI is InChI=1S/C25H54O2SSi/c1-4-7-8-9-10-11-12-13-14-15-16-17-18-19-20-21-24-29(26-5-2,27-6-3)25-22-23-28/h28H,4-25H2,1-3H3. The molecular weight excluding hydrogens is 392 g/mol. The van der Waals surface area contributed by atoms with Gasteiger partial charge in [0, 0.05) is 13.2 Å². The molecule has 0 aromatic carbocycles. The topological polar surface area (TPSA) is 18.5 Å². The van der Waals surface area contributed by atoms with Crippen LogP contribution in [0.4, 0.5) is 0 Å². The van der Waals surface area contributed by atoms with E-state index in [2.05, 4.69) is 33.4 Å². The molecule has 0 aromatic rings. The van der Waals surface area contributed by atoms with E-state index >= 15 is 0 Å². The Morgan fingerprint density at radius 2 is 0.828 bits per heavy atom. The molecule has 0 aliphatic rings. The lowest BCUT2D eigenvalue weighted by Gasteiger charge is -2.30. The maximum Gasteiger partial charge on any atom is 0.338 e. The summed E-state index contributed by atoms with van der Waals surface area (Å²) in [5.74, 6) is 0.938. The van der Waals surface area contributed by atoms with Crippen molar-refractivity contribution in [2.45, 2.75) is 142 Å². The normalized spacial score (nSPS) is 12.0. The zero-order valence-corrected chi connectivity index (χ0v) is 22.2. The lowest BCUT2D eigenvalue weighted by Crippen LogP contribution is -2.42. The molecule has 0 aliphatic heterocycles. The fourth-order valence-corrected chi connectivity index (χ4v) is 8.19. The van der Waals surface area contributed by atoms with E-state index in [-0.39, 0.29) is 0 Å². The average molecular weight is 447 g/mol. The monoisotopic (exact) mass is 446 g/mol. The van der Waals surface area contributed by atoms with Crippen molar-refractivity contribution >= 4 is 21.2 Å². The smallest absolute Gasteiger partial charge is 0.338 e. The summed E-state index contributed by atoms with van der Waals surface area (Å²) in [4.78, 5) is 0. The van der Waals surface area contributed by atoms with Gasteiger partial charge in [0.2, 0.25) is 0 Å². The van der Waals surface area contributed by atoms with Crippen molar-refractivity contribution in [2.75, 3.05) is 19.0 Å². The number of rotatable bonds is 24. The molecule has 0 amide bonds. The second kappa shape index (κ2) is 23.2. The van der Waals surface area contributed by atoms with Crippen molar-refractivity contribution in [3.8, 4) is 0 Å². The highest BCUT2D eigenvalue weighted by Crippen LogP contribution is 2.25. The van der Waals surface area contributed by atoms with Gasteiger partial charge in [-0.2, -0.15) is 12.6 Å². The number of hydrogen-bond donors (Lipinski definition) is 1. The van der Waals surface area contributed by atoms with Crippen LogP contribution in [0.15, 0.2) is 0 Å². The van der Waals surface area contributed by atoms with E-state index in [0.717, 1.165) is 31.4 Å². The molecule has 0 spiro atoms. The van der Waals surface area contributed by atoms with Crippen LogP contribution in [0.2, 0.25) is 12.1 Å². The van der Waals surface area contributed by atoms with Crippen molar-refractivity contribution in [1.82, 2.24) is 0 Å². The summed E-state index contributed by atoms with van der Waals surface area (Å²) < 4.78 is 12.4. The number of thiol groups is 1. The third-order valence-corrected chi connectivity index (χ3v) is 10.1. The summed E-state index contributed by atoms with van der Waals surface area (Å²) in [7, 11) is -1.97. The van der Waals surface area contributed by atoms with Crippen molar-refractivity contribution in [3.05, 3.63) is 0 Å². The lowest BCUT2D eigenvalue weighted by molar-refractivity contribution is 0.181. The van der Waals surface area contributed by atoms with Gasteiger partial charge in [-0.15, -0.1) is 0 Å². The molecule has 0 saturated carbocycles. The van der Waals surface area contributed by atoms with Crippen LogP contribution >= 0.6 is 12.6 Å². The highest BCUT2D eigenvalue weighted by molar-refractivity contribution is 7.80. The number of unbranched alkanes of at least 4 members (excludes halogenated alkanes) is 15. The van der Waals surface area contributed by atoms with Crippen molar-refractivity contribution in [3.63, 3.8) is 0 Å². The first-order chi connectivity index (χ1) is 14.2. The maximum absolute atomic E-state index is 6.18. The summed E-state index contributed by atoms with van der Waals surface area (Å²) >= 11 is 4.38. The molecule has 0 aromatic heterocycles. The summed E-state index contributed by atoms with van der Waals surface area (Å²) in [5.41, 5.74) is 0. The van der Waals surface area contributed by atoms with Crippen LogP contribution in [-0.4, -0.2) is 27.5 Å². The van der Waals surface area contributed by atoms with Crippen LogP contribution in [0.3, 0.4) is 0 Å². The molecule has 176 valence electrons. The van der Waals surface area contributed by atoms with E-state index in [1.165, 1.54) is 109 Å². The predicted molar refractivity (Wildman–Crippen MR) is 137 cm³/mol. The van der Waals surface area contributed by atoms with Gasteiger partial charge >= 0.3 is 8.56 Å². The molecule has 0 rings (SSSR count). The Morgan fingerprint density at radius 1 is 0.483 bits per heavy atom. The molecule has 0 bridgehead atoms.